The van der Waals surface area contributed by atoms with Gasteiger partial charge in [-0.05, 0) is 43.0 Å². The molecule has 32 heavy (non-hydrogen) atoms. The molecule has 0 radical (unpaired) electrons. The predicted molar refractivity (Wildman–Crippen MR) is 119 cm³/mol. The van der Waals surface area contributed by atoms with Gasteiger partial charge in [-0.15, -0.1) is 0 Å². The molecule has 0 aromatic heterocycles. The van der Waals surface area contributed by atoms with Gasteiger partial charge in [-0.2, -0.15) is 0 Å². The number of carbonyl (C=O) groups is 3. The fourth-order valence-electron chi connectivity index (χ4n) is 3.61. The minimum Gasteiger partial charge on any atom is -0.493 e. The van der Waals surface area contributed by atoms with Crippen LogP contribution in [0.5, 0.6) is 11.5 Å². The molecule has 8 heteroatoms. The van der Waals surface area contributed by atoms with E-state index in [1.54, 1.807) is 35.2 Å². The van der Waals surface area contributed by atoms with Gasteiger partial charge in [0.2, 0.25) is 5.91 Å². The van der Waals surface area contributed by atoms with Gasteiger partial charge >= 0.3 is 0 Å². The van der Waals surface area contributed by atoms with Crippen LogP contribution in [0.3, 0.4) is 0 Å². The zero-order valence-electron chi connectivity index (χ0n) is 18.4. The summed E-state index contributed by atoms with van der Waals surface area (Å²) in [6.45, 7) is 3.03. The highest BCUT2D eigenvalue weighted by Gasteiger charge is 2.32. The lowest BCUT2D eigenvalue weighted by atomic mass is 10.0. The molecule has 2 N–H and O–H groups in total. The largest absolute Gasteiger partial charge is 0.493 e. The van der Waals surface area contributed by atoms with Crippen molar-refractivity contribution < 1.29 is 23.9 Å². The summed E-state index contributed by atoms with van der Waals surface area (Å²) >= 11 is 0. The molecule has 1 fully saturated rings. The molecule has 1 aliphatic rings. The summed E-state index contributed by atoms with van der Waals surface area (Å²) in [5.41, 5.74) is 5.91. The Bertz CT molecular complexity index is 948. The van der Waals surface area contributed by atoms with Gasteiger partial charge in [0, 0.05) is 18.5 Å². The van der Waals surface area contributed by atoms with E-state index < -0.39 is 17.9 Å². The van der Waals surface area contributed by atoms with Gasteiger partial charge in [0.05, 0.1) is 13.7 Å². The van der Waals surface area contributed by atoms with E-state index in [1.165, 1.54) is 7.11 Å². The number of hydrogen-bond acceptors (Lipinski definition) is 5. The van der Waals surface area contributed by atoms with Crippen LogP contribution in [-0.2, 0) is 9.59 Å². The van der Waals surface area contributed by atoms with Crippen molar-refractivity contribution in [2.45, 2.75) is 38.6 Å². The Kier molecular flexibility index (Phi) is 8.08. The summed E-state index contributed by atoms with van der Waals surface area (Å²) in [7, 11) is 1.50. The van der Waals surface area contributed by atoms with Gasteiger partial charge in [0.25, 0.3) is 11.8 Å². The van der Waals surface area contributed by atoms with Crippen molar-refractivity contribution in [1.29, 1.82) is 0 Å². The van der Waals surface area contributed by atoms with Crippen molar-refractivity contribution in [1.82, 2.24) is 15.8 Å². The molecule has 1 unspecified atom stereocenters. The molecular weight excluding hydrogens is 410 g/mol. The monoisotopic (exact) mass is 439 g/mol. The van der Waals surface area contributed by atoms with Gasteiger partial charge in [-0.3, -0.25) is 25.2 Å². The number of rotatable bonds is 8. The zero-order valence-corrected chi connectivity index (χ0v) is 18.4. The number of ether oxygens (including phenoxy) is 2. The Morgan fingerprint density at radius 2 is 1.84 bits per heavy atom. The molecule has 1 saturated heterocycles. The van der Waals surface area contributed by atoms with E-state index >= 15 is 0 Å². The first-order valence-corrected chi connectivity index (χ1v) is 10.8. The summed E-state index contributed by atoms with van der Waals surface area (Å²) in [4.78, 5) is 39.8. The quantitative estimate of drug-likeness (QED) is 0.617. The number of benzene rings is 2. The van der Waals surface area contributed by atoms with Crippen molar-refractivity contribution in [2.75, 3.05) is 20.3 Å². The highest BCUT2D eigenvalue weighted by atomic mass is 16.5. The molecule has 0 spiro atoms. The van der Waals surface area contributed by atoms with Crippen LogP contribution < -0.4 is 20.3 Å². The van der Waals surface area contributed by atoms with Crippen LogP contribution in [-0.4, -0.2) is 42.9 Å². The van der Waals surface area contributed by atoms with E-state index in [4.69, 9.17) is 9.47 Å². The summed E-state index contributed by atoms with van der Waals surface area (Å²) < 4.78 is 10.9. The molecule has 0 saturated carbocycles. The number of nitrogens with zero attached hydrogens (tertiary/aromatic N) is 1. The van der Waals surface area contributed by atoms with Crippen LogP contribution in [0.25, 0.3) is 0 Å². The van der Waals surface area contributed by atoms with Crippen molar-refractivity contribution in [3.05, 3.63) is 59.7 Å². The number of hydrogen-bond donors (Lipinski definition) is 2. The maximum absolute atomic E-state index is 13.1. The molecule has 170 valence electrons. The van der Waals surface area contributed by atoms with Crippen LogP contribution in [0.1, 0.15) is 54.6 Å². The third kappa shape index (κ3) is 5.57. The predicted octanol–water partition coefficient (Wildman–Crippen LogP) is 3.00. The highest BCUT2D eigenvalue weighted by molar-refractivity contribution is 5.97. The Balaban J connectivity index is 1.71. The minimum atomic E-state index is -0.816. The smallest absolute Gasteiger partial charge is 0.269 e. The number of nitrogens with one attached hydrogen (secondary N) is 2. The second kappa shape index (κ2) is 11.2. The standard InChI is InChI=1S/C24H29N3O5/c1-3-15-32-19-13-12-18(16-20(19)31-2)23(29)25-26-24(30)22(17-9-5-4-6-10-17)27-14-8-7-11-21(27)28/h4-6,9-10,12-13,16,22H,3,7-8,11,14-15H2,1-2H3,(H,25,29)(H,26,30). The molecule has 3 rings (SSSR count). The van der Waals surface area contributed by atoms with Gasteiger partial charge in [-0.1, -0.05) is 37.3 Å². The van der Waals surface area contributed by atoms with Crippen LogP contribution >= 0.6 is 0 Å². The molecule has 3 amide bonds. The fourth-order valence-corrected chi connectivity index (χ4v) is 3.61. The molecule has 2 aromatic carbocycles. The first kappa shape index (κ1) is 23.1. The SMILES string of the molecule is CCCOc1ccc(C(=O)NNC(=O)C(c2ccccc2)N2CCCCC2=O)cc1OC. The summed E-state index contributed by atoms with van der Waals surface area (Å²) in [5.74, 6) is -0.0784. The molecular formula is C24H29N3O5. The fraction of sp³-hybridized carbons (Fsp3) is 0.375. The summed E-state index contributed by atoms with van der Waals surface area (Å²) in [6.07, 6.45) is 2.91. The molecule has 1 heterocycles. The lowest BCUT2D eigenvalue weighted by molar-refractivity contribution is -0.143. The van der Waals surface area contributed by atoms with Gasteiger partial charge < -0.3 is 14.4 Å². The number of hydrazine groups is 1. The van der Waals surface area contributed by atoms with E-state index in [1.807, 2.05) is 25.1 Å². The Morgan fingerprint density at radius 3 is 2.53 bits per heavy atom. The maximum atomic E-state index is 13.1. The van der Waals surface area contributed by atoms with E-state index in [2.05, 4.69) is 10.9 Å². The number of likely N-dealkylation sites (tertiary alicyclic amines) is 1. The topological polar surface area (TPSA) is 97.0 Å². The van der Waals surface area contributed by atoms with Gasteiger partial charge in [0.15, 0.2) is 11.5 Å². The Morgan fingerprint density at radius 1 is 1.06 bits per heavy atom. The van der Waals surface area contributed by atoms with Crippen LogP contribution in [0, 0.1) is 0 Å². The second-order valence-electron chi connectivity index (χ2n) is 7.51. The highest BCUT2D eigenvalue weighted by Crippen LogP contribution is 2.28. The molecule has 0 bridgehead atoms. The van der Waals surface area contributed by atoms with E-state index in [0.29, 0.717) is 42.2 Å². The zero-order chi connectivity index (χ0) is 22.9. The third-order valence-electron chi connectivity index (χ3n) is 5.22. The normalized spacial score (nSPS) is 14.4. The van der Waals surface area contributed by atoms with Gasteiger partial charge in [0.1, 0.15) is 6.04 Å². The molecule has 8 nitrogen and oxygen atoms in total. The van der Waals surface area contributed by atoms with Crippen LogP contribution in [0.2, 0.25) is 0 Å². The first-order valence-electron chi connectivity index (χ1n) is 10.8. The Hall–Kier alpha value is -3.55. The van der Waals surface area contributed by atoms with Crippen LogP contribution in [0.15, 0.2) is 48.5 Å². The Labute approximate surface area is 187 Å². The van der Waals surface area contributed by atoms with Crippen molar-refractivity contribution in [3.63, 3.8) is 0 Å². The molecule has 1 aliphatic heterocycles. The summed E-state index contributed by atoms with van der Waals surface area (Å²) in [6, 6.07) is 13.1. The minimum absolute atomic E-state index is 0.0704. The number of methoxy groups -OCH3 is 1. The molecule has 2 aromatic rings. The van der Waals surface area contributed by atoms with Gasteiger partial charge in [-0.25, -0.2) is 0 Å². The van der Waals surface area contributed by atoms with E-state index in [-0.39, 0.29) is 5.91 Å². The third-order valence-corrected chi connectivity index (χ3v) is 5.22. The van der Waals surface area contributed by atoms with Crippen molar-refractivity contribution in [2.24, 2.45) is 0 Å². The summed E-state index contributed by atoms with van der Waals surface area (Å²) in [5, 5.41) is 0. The lowest BCUT2D eigenvalue weighted by Gasteiger charge is -2.34. The van der Waals surface area contributed by atoms with Crippen molar-refractivity contribution >= 4 is 17.7 Å². The average Bonchev–Trinajstić information content (AvgIpc) is 2.83. The van der Waals surface area contributed by atoms with Crippen LogP contribution in [0.4, 0.5) is 0 Å². The molecule has 1 atom stereocenters. The van der Waals surface area contributed by atoms with E-state index in [0.717, 1.165) is 19.3 Å². The second-order valence-corrected chi connectivity index (χ2v) is 7.51. The molecule has 0 aliphatic carbocycles. The number of piperidine rings is 1. The number of amides is 3. The lowest BCUT2D eigenvalue weighted by Crippen LogP contribution is -2.50. The van der Waals surface area contributed by atoms with Crippen molar-refractivity contribution in [3.8, 4) is 11.5 Å². The van der Waals surface area contributed by atoms with E-state index in [9.17, 15) is 14.4 Å². The first-order chi connectivity index (χ1) is 15.5. The average molecular weight is 440 g/mol. The number of carbonyl (C=O) groups excluding carboxylic acids is 3. The maximum Gasteiger partial charge on any atom is 0.269 e.